The molecule has 0 aliphatic carbocycles. The van der Waals surface area contributed by atoms with E-state index in [0.717, 1.165) is 17.2 Å². The molecule has 0 aromatic heterocycles. The van der Waals surface area contributed by atoms with Crippen molar-refractivity contribution in [1.82, 2.24) is 0 Å². The lowest BCUT2D eigenvalue weighted by atomic mass is 10.1. The number of aryl methyl sites for hydroxylation is 2. The van der Waals surface area contributed by atoms with E-state index in [0.29, 0.717) is 17.6 Å². The quantitative estimate of drug-likeness (QED) is 0.793. The molecule has 100 valence electrons. The summed E-state index contributed by atoms with van der Waals surface area (Å²) in [5.74, 6) is -0.0361. The highest BCUT2D eigenvalue weighted by molar-refractivity contribution is 5.75. The molecule has 0 saturated carbocycles. The van der Waals surface area contributed by atoms with Crippen molar-refractivity contribution in [2.24, 2.45) is 0 Å². The first-order chi connectivity index (χ1) is 9.55. The minimum Gasteiger partial charge on any atom is -0.454 e. The number of nitriles is 1. The predicted octanol–water partition coefficient (Wildman–Crippen LogP) is 3.92. The van der Waals surface area contributed by atoms with Gasteiger partial charge in [-0.1, -0.05) is 0 Å². The monoisotopic (exact) mass is 269 g/mol. The zero-order valence-corrected chi connectivity index (χ0v) is 11.1. The van der Waals surface area contributed by atoms with Gasteiger partial charge in [-0.3, -0.25) is 4.79 Å². The number of hydrogen-bond acceptors (Lipinski definition) is 3. The van der Waals surface area contributed by atoms with Gasteiger partial charge in [0.25, 0.3) is 0 Å². The molecular weight excluding hydrogens is 257 g/mol. The van der Waals surface area contributed by atoms with Gasteiger partial charge in [-0.05, 0) is 55.3 Å². The number of aldehydes is 1. The third kappa shape index (κ3) is 2.67. The molecule has 0 spiro atoms. The number of benzene rings is 2. The topological polar surface area (TPSA) is 50.1 Å². The highest BCUT2D eigenvalue weighted by Crippen LogP contribution is 2.31. The molecule has 2 aromatic rings. The second kappa shape index (κ2) is 5.54. The van der Waals surface area contributed by atoms with Gasteiger partial charge in [0.2, 0.25) is 0 Å². The van der Waals surface area contributed by atoms with Crippen LogP contribution < -0.4 is 4.74 Å². The van der Waals surface area contributed by atoms with Crippen LogP contribution in [0.3, 0.4) is 0 Å². The Morgan fingerprint density at radius 1 is 1.20 bits per heavy atom. The fourth-order valence-corrected chi connectivity index (χ4v) is 1.96. The van der Waals surface area contributed by atoms with Crippen LogP contribution in [0.25, 0.3) is 0 Å². The molecule has 0 amide bonds. The van der Waals surface area contributed by atoms with Crippen LogP contribution in [0.4, 0.5) is 4.39 Å². The molecule has 4 heteroatoms. The van der Waals surface area contributed by atoms with Crippen molar-refractivity contribution >= 4 is 6.29 Å². The first-order valence-corrected chi connectivity index (χ1v) is 5.99. The van der Waals surface area contributed by atoms with Crippen LogP contribution in [-0.4, -0.2) is 6.29 Å². The average molecular weight is 269 g/mol. The molecule has 0 unspecified atom stereocenters. The number of carbonyl (C=O) groups excluding carboxylic acids is 1. The zero-order valence-electron chi connectivity index (χ0n) is 11.1. The summed E-state index contributed by atoms with van der Waals surface area (Å²) >= 11 is 0. The molecule has 3 nitrogen and oxygen atoms in total. The molecule has 0 radical (unpaired) electrons. The fourth-order valence-electron chi connectivity index (χ4n) is 1.96. The van der Waals surface area contributed by atoms with E-state index in [1.807, 2.05) is 0 Å². The summed E-state index contributed by atoms with van der Waals surface area (Å²) in [6.45, 7) is 3.59. The van der Waals surface area contributed by atoms with Gasteiger partial charge in [-0.15, -0.1) is 0 Å². The third-order valence-electron chi connectivity index (χ3n) is 2.89. The predicted molar refractivity (Wildman–Crippen MR) is 72.5 cm³/mol. The van der Waals surface area contributed by atoms with E-state index < -0.39 is 5.82 Å². The molecule has 0 aliphatic rings. The molecule has 0 aliphatic heterocycles. The minimum atomic E-state index is -0.599. The van der Waals surface area contributed by atoms with Gasteiger partial charge in [-0.2, -0.15) is 5.26 Å². The van der Waals surface area contributed by atoms with E-state index in [-0.39, 0.29) is 11.3 Å². The van der Waals surface area contributed by atoms with Gasteiger partial charge in [0, 0.05) is 5.56 Å². The smallest absolute Gasteiger partial charge is 0.166 e. The van der Waals surface area contributed by atoms with Gasteiger partial charge in [0.1, 0.15) is 12.0 Å². The number of carbonyl (C=O) groups is 1. The molecule has 0 bridgehead atoms. The van der Waals surface area contributed by atoms with Gasteiger partial charge in [-0.25, -0.2) is 4.39 Å². The maximum Gasteiger partial charge on any atom is 0.166 e. The molecule has 0 saturated heterocycles. The molecule has 2 aromatic carbocycles. The van der Waals surface area contributed by atoms with Gasteiger partial charge in [0.15, 0.2) is 11.6 Å². The first kappa shape index (κ1) is 13.8. The van der Waals surface area contributed by atoms with E-state index in [9.17, 15) is 9.18 Å². The van der Waals surface area contributed by atoms with E-state index >= 15 is 0 Å². The molecule has 0 N–H and O–H groups in total. The summed E-state index contributed by atoms with van der Waals surface area (Å²) in [4.78, 5) is 10.6. The molecule has 0 heterocycles. The number of nitrogens with zero attached hydrogens (tertiary/aromatic N) is 1. The van der Waals surface area contributed by atoms with Crippen molar-refractivity contribution in [3.8, 4) is 17.6 Å². The van der Waals surface area contributed by atoms with Crippen LogP contribution in [-0.2, 0) is 0 Å². The van der Waals surface area contributed by atoms with Crippen molar-refractivity contribution in [2.75, 3.05) is 0 Å². The summed E-state index contributed by atoms with van der Waals surface area (Å²) in [5.41, 5.74) is 2.29. The Labute approximate surface area is 116 Å². The maximum atomic E-state index is 13.8. The second-order valence-electron chi connectivity index (χ2n) is 4.46. The Morgan fingerprint density at radius 3 is 2.35 bits per heavy atom. The largest absolute Gasteiger partial charge is 0.454 e. The Kier molecular flexibility index (Phi) is 3.81. The number of halogens is 1. The number of hydrogen-bond donors (Lipinski definition) is 0. The Hall–Kier alpha value is -2.67. The maximum absolute atomic E-state index is 13.8. The molecule has 20 heavy (non-hydrogen) atoms. The summed E-state index contributed by atoms with van der Waals surface area (Å²) in [6, 6.07) is 9.44. The zero-order chi connectivity index (χ0) is 14.7. The van der Waals surface area contributed by atoms with Crippen molar-refractivity contribution in [1.29, 1.82) is 5.26 Å². The van der Waals surface area contributed by atoms with Crippen LogP contribution in [0.15, 0.2) is 30.3 Å². The van der Waals surface area contributed by atoms with E-state index in [4.69, 9.17) is 10.00 Å². The van der Waals surface area contributed by atoms with E-state index in [1.54, 1.807) is 26.0 Å². The van der Waals surface area contributed by atoms with Crippen molar-refractivity contribution in [3.05, 3.63) is 58.4 Å². The highest BCUT2D eigenvalue weighted by atomic mass is 19.1. The second-order valence-corrected chi connectivity index (χ2v) is 4.46. The number of rotatable bonds is 3. The van der Waals surface area contributed by atoms with E-state index in [2.05, 4.69) is 6.07 Å². The average Bonchev–Trinajstić information content (AvgIpc) is 2.43. The van der Waals surface area contributed by atoms with Crippen molar-refractivity contribution in [2.45, 2.75) is 13.8 Å². The highest BCUT2D eigenvalue weighted by Gasteiger charge is 2.11. The fraction of sp³-hybridized carbons (Fsp3) is 0.125. The first-order valence-electron chi connectivity index (χ1n) is 5.99. The molecule has 0 fully saturated rings. The lowest BCUT2D eigenvalue weighted by molar-refractivity contribution is 0.112. The van der Waals surface area contributed by atoms with Crippen LogP contribution >= 0.6 is 0 Å². The van der Waals surface area contributed by atoms with Crippen molar-refractivity contribution < 1.29 is 13.9 Å². The van der Waals surface area contributed by atoms with Crippen LogP contribution in [0.2, 0.25) is 0 Å². The Morgan fingerprint density at radius 2 is 1.85 bits per heavy atom. The molecule has 2 rings (SSSR count). The summed E-state index contributed by atoms with van der Waals surface area (Å²) < 4.78 is 19.4. The summed E-state index contributed by atoms with van der Waals surface area (Å²) in [5, 5.41) is 8.89. The third-order valence-corrected chi connectivity index (χ3v) is 2.89. The van der Waals surface area contributed by atoms with Crippen molar-refractivity contribution in [3.63, 3.8) is 0 Å². The van der Waals surface area contributed by atoms with Crippen LogP contribution in [0.1, 0.15) is 27.0 Å². The van der Waals surface area contributed by atoms with Gasteiger partial charge < -0.3 is 4.74 Å². The summed E-state index contributed by atoms with van der Waals surface area (Å²) in [7, 11) is 0. The normalized spacial score (nSPS) is 9.90. The van der Waals surface area contributed by atoms with E-state index in [1.165, 1.54) is 12.1 Å². The SMILES string of the molecule is Cc1cc(C#N)cc(C)c1Oc1ccc(C=O)cc1F. The lowest BCUT2D eigenvalue weighted by Crippen LogP contribution is -1.95. The van der Waals surface area contributed by atoms with Gasteiger partial charge in [0.05, 0.1) is 11.6 Å². The molecule has 0 atom stereocenters. The Bertz CT molecular complexity index is 694. The molecular formula is C16H12FNO2. The Balaban J connectivity index is 2.40. The standard InChI is InChI=1S/C16H12FNO2/c1-10-5-13(8-18)6-11(2)16(10)20-15-4-3-12(9-19)7-14(15)17/h3-7,9H,1-2H3. The van der Waals surface area contributed by atoms with Gasteiger partial charge >= 0.3 is 0 Å². The van der Waals surface area contributed by atoms with Crippen LogP contribution in [0, 0.1) is 31.0 Å². The minimum absolute atomic E-state index is 0.0477. The number of ether oxygens (including phenoxy) is 1. The summed E-state index contributed by atoms with van der Waals surface area (Å²) in [6.07, 6.45) is 0.574. The van der Waals surface area contributed by atoms with Crippen LogP contribution in [0.5, 0.6) is 11.5 Å². The lowest BCUT2D eigenvalue weighted by Gasteiger charge is -2.13.